The normalized spacial score (nSPS) is 27.2. The highest BCUT2D eigenvalue weighted by Crippen LogP contribution is 2.36. The van der Waals surface area contributed by atoms with E-state index in [0.717, 1.165) is 37.5 Å². The lowest BCUT2D eigenvalue weighted by atomic mass is 9.95. The zero-order valence-corrected chi connectivity index (χ0v) is 32.6. The summed E-state index contributed by atoms with van der Waals surface area (Å²) in [5, 5.41) is 0. The Labute approximate surface area is 331 Å². The molecule has 2 aliphatic rings. The Morgan fingerprint density at radius 1 is 0.491 bits per heavy atom. The minimum Gasteiger partial charge on any atom is -0.463 e. The van der Waals surface area contributed by atoms with Gasteiger partial charge >= 0.3 is 23.9 Å². The average Bonchev–Trinajstić information content (AvgIpc) is 3.19. The van der Waals surface area contributed by atoms with Gasteiger partial charge in [0, 0.05) is 34.8 Å². The summed E-state index contributed by atoms with van der Waals surface area (Å²) in [6.45, 7) is 4.71. The number of esters is 4. The first kappa shape index (κ1) is 43.4. The Morgan fingerprint density at radius 2 is 0.947 bits per heavy atom. The fourth-order valence-electron chi connectivity index (χ4n) is 6.59. The van der Waals surface area contributed by atoms with Crippen molar-refractivity contribution >= 4 is 23.9 Å². The van der Waals surface area contributed by atoms with Gasteiger partial charge in [-0.15, -0.1) is 0 Å². The summed E-state index contributed by atoms with van der Waals surface area (Å²) >= 11 is 0. The van der Waals surface area contributed by atoms with E-state index in [9.17, 15) is 19.2 Å². The number of ether oxygens (including phenoxy) is 11. The average molecular weight is 795 g/mol. The van der Waals surface area contributed by atoms with Gasteiger partial charge in [0.2, 0.25) is 0 Å². The Morgan fingerprint density at radius 3 is 1.46 bits per heavy atom. The van der Waals surface area contributed by atoms with Crippen molar-refractivity contribution in [2.24, 2.45) is 0 Å². The molecule has 0 aliphatic carbocycles. The van der Waals surface area contributed by atoms with Gasteiger partial charge in [0.05, 0.1) is 26.4 Å². The van der Waals surface area contributed by atoms with Crippen molar-refractivity contribution in [3.63, 3.8) is 0 Å². The highest BCUT2D eigenvalue weighted by atomic mass is 16.8. The third-order valence-corrected chi connectivity index (χ3v) is 9.03. The molecule has 2 saturated heterocycles. The zero-order valence-electron chi connectivity index (χ0n) is 32.6. The topological polar surface area (TPSA) is 170 Å². The molecule has 0 radical (unpaired) electrons. The van der Waals surface area contributed by atoms with E-state index >= 15 is 0 Å². The fraction of sp³-hybridized carbons (Fsp3) is 0.476. The minimum atomic E-state index is -1.55. The first-order valence-corrected chi connectivity index (χ1v) is 18.6. The molecular weight excluding hydrogens is 744 g/mol. The first-order valence-electron chi connectivity index (χ1n) is 18.6. The Hall–Kier alpha value is -4.74. The van der Waals surface area contributed by atoms with Crippen LogP contribution < -0.4 is 0 Å². The van der Waals surface area contributed by atoms with Crippen LogP contribution in [0, 0.1) is 0 Å². The molecule has 308 valence electrons. The van der Waals surface area contributed by atoms with Crippen LogP contribution in [0.2, 0.25) is 0 Å². The number of carbonyl (C=O) groups excluding carboxylic acids is 4. The zero-order chi connectivity index (χ0) is 40.7. The van der Waals surface area contributed by atoms with Gasteiger partial charge in [-0.05, 0) is 16.7 Å². The Bertz CT molecular complexity index is 1710. The van der Waals surface area contributed by atoms with Crippen LogP contribution in [0.3, 0.4) is 0 Å². The molecule has 2 heterocycles. The molecule has 0 bridgehead atoms. The van der Waals surface area contributed by atoms with E-state index in [-0.39, 0.29) is 26.4 Å². The summed E-state index contributed by atoms with van der Waals surface area (Å²) in [6.07, 6.45) is -12.1. The third-order valence-electron chi connectivity index (χ3n) is 9.03. The second-order valence-corrected chi connectivity index (χ2v) is 13.5. The van der Waals surface area contributed by atoms with E-state index < -0.39 is 91.9 Å². The second kappa shape index (κ2) is 21.7. The summed E-state index contributed by atoms with van der Waals surface area (Å²) in [4.78, 5) is 49.6. The lowest BCUT2D eigenvalue weighted by Gasteiger charge is -2.49. The summed E-state index contributed by atoms with van der Waals surface area (Å²) in [6, 6.07) is 28.5. The van der Waals surface area contributed by atoms with Gasteiger partial charge in [0.15, 0.2) is 30.9 Å². The molecule has 0 unspecified atom stereocenters. The number of hydrogen-bond donors (Lipinski definition) is 0. The minimum absolute atomic E-state index is 0.0258. The molecule has 5 rings (SSSR count). The molecule has 15 nitrogen and oxygen atoms in total. The summed E-state index contributed by atoms with van der Waals surface area (Å²) in [7, 11) is 1.46. The van der Waals surface area contributed by atoms with Crippen molar-refractivity contribution in [1.82, 2.24) is 0 Å². The Kier molecular flexibility index (Phi) is 16.5. The van der Waals surface area contributed by atoms with Gasteiger partial charge in [-0.1, -0.05) is 91.0 Å². The van der Waals surface area contributed by atoms with E-state index in [2.05, 4.69) is 0 Å². The number of carbonyl (C=O) groups is 4. The van der Waals surface area contributed by atoms with Crippen LogP contribution in [-0.2, 0) is 91.1 Å². The van der Waals surface area contributed by atoms with E-state index in [1.807, 2.05) is 91.0 Å². The van der Waals surface area contributed by atoms with Crippen molar-refractivity contribution < 1.29 is 71.3 Å². The number of methoxy groups -OCH3 is 1. The van der Waals surface area contributed by atoms with Crippen LogP contribution in [0.25, 0.3) is 0 Å². The molecule has 57 heavy (non-hydrogen) atoms. The summed E-state index contributed by atoms with van der Waals surface area (Å²) in [5.41, 5.74) is 2.63. The van der Waals surface area contributed by atoms with Gasteiger partial charge in [-0.25, -0.2) is 0 Å². The maximum atomic E-state index is 12.7. The second-order valence-electron chi connectivity index (χ2n) is 13.5. The number of rotatable bonds is 18. The van der Waals surface area contributed by atoms with Gasteiger partial charge < -0.3 is 52.1 Å². The van der Waals surface area contributed by atoms with E-state index in [0.29, 0.717) is 0 Å². The number of hydrogen-bond acceptors (Lipinski definition) is 15. The maximum absolute atomic E-state index is 12.7. The molecule has 0 aromatic heterocycles. The smallest absolute Gasteiger partial charge is 0.303 e. The monoisotopic (exact) mass is 794 g/mol. The standard InChI is InChI=1S/C42H50O15/c1-26(43)49-25-34-36(52-27(2)44)38(53-28(3)45)40(54-29(4)46)42(56-34)57-37-35(50-22-31-17-11-7-12-18-31)33(24-48-21-30-15-9-6-10-16-30)55-41(47-5)39(37)51-23-32-19-13-8-14-20-32/h6-20,33-42H,21-25H2,1-5H3/t33-,34-,35-,36+,37+,38+,39-,40-,41-,42+/m1/s1. The molecule has 0 saturated carbocycles. The predicted molar refractivity (Wildman–Crippen MR) is 199 cm³/mol. The van der Waals surface area contributed by atoms with Crippen molar-refractivity contribution in [1.29, 1.82) is 0 Å². The lowest BCUT2D eigenvalue weighted by molar-refractivity contribution is -0.368. The van der Waals surface area contributed by atoms with Crippen LogP contribution in [0.5, 0.6) is 0 Å². The molecule has 0 N–H and O–H groups in total. The van der Waals surface area contributed by atoms with Crippen LogP contribution in [-0.4, -0.2) is 106 Å². The Balaban J connectivity index is 1.56. The third kappa shape index (κ3) is 12.9. The molecule has 3 aromatic rings. The maximum Gasteiger partial charge on any atom is 0.303 e. The van der Waals surface area contributed by atoms with Gasteiger partial charge in [-0.2, -0.15) is 0 Å². The molecule has 3 aromatic carbocycles. The SMILES string of the molecule is CO[C@@H]1O[C@H](COCc2ccccc2)[C@@H](OCc2ccccc2)[C@H](O[C@@H]2O[C@H](COC(C)=O)[C@H](OC(C)=O)[C@H](OC(C)=O)[C@H]2OC(C)=O)[C@H]1OCc1ccccc1. The first-order chi connectivity index (χ1) is 27.5. The van der Waals surface area contributed by atoms with Crippen LogP contribution in [0.15, 0.2) is 91.0 Å². The van der Waals surface area contributed by atoms with Gasteiger partial charge in [0.1, 0.15) is 37.1 Å². The molecule has 10 atom stereocenters. The van der Waals surface area contributed by atoms with Gasteiger partial charge in [0.25, 0.3) is 0 Å². The van der Waals surface area contributed by atoms with Crippen LogP contribution >= 0.6 is 0 Å². The van der Waals surface area contributed by atoms with Crippen molar-refractivity contribution in [3.8, 4) is 0 Å². The fourth-order valence-corrected chi connectivity index (χ4v) is 6.59. The van der Waals surface area contributed by atoms with Crippen molar-refractivity contribution in [2.45, 2.75) is 109 Å². The van der Waals surface area contributed by atoms with E-state index in [1.165, 1.54) is 14.0 Å². The molecule has 2 aliphatic heterocycles. The molecular formula is C42H50O15. The molecule has 2 fully saturated rings. The lowest BCUT2D eigenvalue weighted by Crippen LogP contribution is -2.67. The predicted octanol–water partition coefficient (Wildman–Crippen LogP) is 4.21. The molecule has 0 spiro atoms. The largest absolute Gasteiger partial charge is 0.463 e. The van der Waals surface area contributed by atoms with E-state index in [1.54, 1.807) is 0 Å². The quantitative estimate of drug-likeness (QED) is 0.132. The number of benzene rings is 3. The van der Waals surface area contributed by atoms with Crippen LogP contribution in [0.4, 0.5) is 0 Å². The van der Waals surface area contributed by atoms with Crippen molar-refractivity contribution in [2.75, 3.05) is 20.3 Å². The van der Waals surface area contributed by atoms with E-state index in [4.69, 9.17) is 52.1 Å². The summed E-state index contributed by atoms with van der Waals surface area (Å²) in [5.74, 6) is -2.98. The van der Waals surface area contributed by atoms with Gasteiger partial charge in [-0.3, -0.25) is 19.2 Å². The highest BCUT2D eigenvalue weighted by molar-refractivity contribution is 5.68. The molecule has 15 heteroatoms. The van der Waals surface area contributed by atoms with Crippen molar-refractivity contribution in [3.05, 3.63) is 108 Å². The van der Waals surface area contributed by atoms with Crippen LogP contribution in [0.1, 0.15) is 44.4 Å². The summed E-state index contributed by atoms with van der Waals surface area (Å²) < 4.78 is 67.2. The highest BCUT2D eigenvalue weighted by Gasteiger charge is 2.56. The molecule has 0 amide bonds.